The molecule has 0 aliphatic heterocycles. The van der Waals surface area contributed by atoms with Crippen molar-refractivity contribution in [2.24, 2.45) is 5.41 Å². The number of carbonyl (C=O) groups is 1. The number of rotatable bonds is 5. The van der Waals surface area contributed by atoms with E-state index in [0.29, 0.717) is 6.42 Å². The van der Waals surface area contributed by atoms with Crippen molar-refractivity contribution in [3.63, 3.8) is 0 Å². The Morgan fingerprint density at radius 2 is 2.31 bits per heavy atom. The first-order chi connectivity index (χ1) is 7.52. The summed E-state index contributed by atoms with van der Waals surface area (Å²) in [5, 5.41) is 10.0. The van der Waals surface area contributed by atoms with Gasteiger partial charge in [-0.2, -0.15) is 0 Å². The molecule has 5 heteroatoms. The standard InChI is InChI=1S/C11H16N2O2S/c1-13(2)7-8-6-12-9(16-8)5-11(3-4-11)10(14)15/h6H,3-5,7H2,1-2H3,(H,14,15). The Kier molecular flexibility index (Phi) is 2.99. The summed E-state index contributed by atoms with van der Waals surface area (Å²) in [5.41, 5.74) is -0.493. The Bertz CT molecular complexity index is 396. The van der Waals surface area contributed by atoms with Gasteiger partial charge < -0.3 is 10.0 Å². The second-order valence-electron chi connectivity index (χ2n) is 4.72. The van der Waals surface area contributed by atoms with Gasteiger partial charge >= 0.3 is 5.97 Å². The predicted octanol–water partition coefficient (Wildman–Crippen LogP) is 1.61. The summed E-state index contributed by atoms with van der Waals surface area (Å²) >= 11 is 1.63. The van der Waals surface area contributed by atoms with E-state index in [2.05, 4.69) is 9.88 Å². The normalized spacial score (nSPS) is 17.7. The fourth-order valence-electron chi connectivity index (χ4n) is 1.72. The lowest BCUT2D eigenvalue weighted by atomic mass is 10.0. The van der Waals surface area contributed by atoms with Crippen molar-refractivity contribution in [3.8, 4) is 0 Å². The summed E-state index contributed by atoms with van der Waals surface area (Å²) < 4.78 is 0. The van der Waals surface area contributed by atoms with Gasteiger partial charge in [-0.3, -0.25) is 4.79 Å². The van der Waals surface area contributed by atoms with Crippen LogP contribution in [-0.4, -0.2) is 35.1 Å². The summed E-state index contributed by atoms with van der Waals surface area (Å²) in [6.07, 6.45) is 4.05. The molecule has 1 heterocycles. The molecule has 1 aromatic heterocycles. The van der Waals surface area contributed by atoms with E-state index in [1.165, 1.54) is 4.88 Å². The zero-order valence-corrected chi connectivity index (χ0v) is 10.4. The van der Waals surface area contributed by atoms with Crippen molar-refractivity contribution >= 4 is 17.3 Å². The molecule has 1 saturated carbocycles. The number of aromatic nitrogens is 1. The molecule has 0 spiro atoms. The Labute approximate surface area is 98.9 Å². The van der Waals surface area contributed by atoms with Gasteiger partial charge in [-0.15, -0.1) is 11.3 Å². The van der Waals surface area contributed by atoms with Crippen LogP contribution in [0, 0.1) is 5.41 Å². The first-order valence-corrected chi connectivity index (χ1v) is 6.15. The topological polar surface area (TPSA) is 53.4 Å². The molecular weight excluding hydrogens is 224 g/mol. The lowest BCUT2D eigenvalue weighted by molar-refractivity contribution is -0.143. The SMILES string of the molecule is CN(C)Cc1cnc(CC2(C(=O)O)CC2)s1. The lowest BCUT2D eigenvalue weighted by Crippen LogP contribution is -2.17. The smallest absolute Gasteiger partial charge is 0.310 e. The van der Waals surface area contributed by atoms with Gasteiger partial charge in [0, 0.05) is 24.0 Å². The molecule has 0 amide bonds. The number of nitrogens with zero attached hydrogens (tertiary/aromatic N) is 2. The molecule has 1 fully saturated rings. The predicted molar refractivity (Wildman–Crippen MR) is 62.5 cm³/mol. The molecule has 0 aromatic carbocycles. The second kappa shape index (κ2) is 4.14. The maximum atomic E-state index is 11.0. The fraction of sp³-hybridized carbons (Fsp3) is 0.636. The second-order valence-corrected chi connectivity index (χ2v) is 5.92. The molecular formula is C11H16N2O2S. The van der Waals surface area contributed by atoms with E-state index in [1.807, 2.05) is 20.3 Å². The molecule has 0 saturated heterocycles. The Morgan fingerprint density at radius 3 is 2.81 bits per heavy atom. The largest absolute Gasteiger partial charge is 0.481 e. The minimum absolute atomic E-state index is 0.493. The first kappa shape index (κ1) is 11.5. The molecule has 1 N–H and O–H groups in total. The van der Waals surface area contributed by atoms with Crippen LogP contribution in [0.4, 0.5) is 0 Å². The highest BCUT2D eigenvalue weighted by molar-refractivity contribution is 7.11. The highest BCUT2D eigenvalue weighted by Gasteiger charge is 2.50. The summed E-state index contributed by atoms with van der Waals surface area (Å²) in [6, 6.07) is 0. The highest BCUT2D eigenvalue weighted by Crippen LogP contribution is 2.48. The van der Waals surface area contributed by atoms with Gasteiger partial charge in [-0.05, 0) is 26.9 Å². The van der Waals surface area contributed by atoms with Crippen molar-refractivity contribution in [3.05, 3.63) is 16.1 Å². The minimum Gasteiger partial charge on any atom is -0.481 e. The molecule has 0 atom stereocenters. The van der Waals surface area contributed by atoms with Crippen LogP contribution < -0.4 is 0 Å². The molecule has 1 aliphatic rings. The number of hydrogen-bond donors (Lipinski definition) is 1. The van der Waals surface area contributed by atoms with Gasteiger partial charge in [0.1, 0.15) is 0 Å². The van der Waals surface area contributed by atoms with E-state index in [-0.39, 0.29) is 0 Å². The fourth-order valence-corrected chi connectivity index (χ4v) is 2.91. The molecule has 0 radical (unpaired) electrons. The zero-order valence-electron chi connectivity index (χ0n) is 9.56. The van der Waals surface area contributed by atoms with Gasteiger partial charge in [0.05, 0.1) is 10.4 Å². The number of hydrogen-bond acceptors (Lipinski definition) is 4. The van der Waals surface area contributed by atoms with Crippen molar-refractivity contribution in [1.82, 2.24) is 9.88 Å². The third kappa shape index (κ3) is 2.41. The van der Waals surface area contributed by atoms with Crippen molar-refractivity contribution in [2.45, 2.75) is 25.8 Å². The maximum Gasteiger partial charge on any atom is 0.310 e. The molecule has 2 rings (SSSR count). The Hall–Kier alpha value is -0.940. The third-order valence-electron chi connectivity index (χ3n) is 2.87. The average Bonchev–Trinajstić information content (AvgIpc) is 2.83. The number of carboxylic acids is 1. The molecule has 4 nitrogen and oxygen atoms in total. The molecule has 0 unspecified atom stereocenters. The lowest BCUT2D eigenvalue weighted by Gasteiger charge is -2.06. The quantitative estimate of drug-likeness (QED) is 0.849. The Balaban J connectivity index is 2.00. The van der Waals surface area contributed by atoms with Crippen LogP contribution in [0.2, 0.25) is 0 Å². The van der Waals surface area contributed by atoms with Gasteiger partial charge in [0.2, 0.25) is 0 Å². The molecule has 88 valence electrons. The van der Waals surface area contributed by atoms with Crippen LogP contribution in [0.25, 0.3) is 0 Å². The van der Waals surface area contributed by atoms with E-state index in [9.17, 15) is 4.79 Å². The summed E-state index contributed by atoms with van der Waals surface area (Å²) in [6.45, 7) is 0.873. The third-order valence-corrected chi connectivity index (χ3v) is 3.85. The van der Waals surface area contributed by atoms with E-state index in [0.717, 1.165) is 24.4 Å². The molecule has 0 bridgehead atoms. The number of thiazole rings is 1. The summed E-state index contributed by atoms with van der Waals surface area (Å²) in [7, 11) is 4.03. The van der Waals surface area contributed by atoms with Crippen LogP contribution in [0.15, 0.2) is 6.20 Å². The number of aliphatic carboxylic acids is 1. The van der Waals surface area contributed by atoms with Crippen LogP contribution in [0.5, 0.6) is 0 Å². The van der Waals surface area contributed by atoms with Gasteiger partial charge in [-0.1, -0.05) is 0 Å². The van der Waals surface area contributed by atoms with Crippen molar-refractivity contribution < 1.29 is 9.90 Å². The van der Waals surface area contributed by atoms with Crippen molar-refractivity contribution in [1.29, 1.82) is 0 Å². The van der Waals surface area contributed by atoms with Crippen LogP contribution in [0.3, 0.4) is 0 Å². The maximum absolute atomic E-state index is 11.0. The average molecular weight is 240 g/mol. The van der Waals surface area contributed by atoms with E-state index in [4.69, 9.17) is 5.11 Å². The van der Waals surface area contributed by atoms with E-state index >= 15 is 0 Å². The monoisotopic (exact) mass is 240 g/mol. The molecule has 1 aromatic rings. The first-order valence-electron chi connectivity index (χ1n) is 5.33. The van der Waals surface area contributed by atoms with Crippen LogP contribution in [-0.2, 0) is 17.8 Å². The van der Waals surface area contributed by atoms with E-state index in [1.54, 1.807) is 11.3 Å². The summed E-state index contributed by atoms with van der Waals surface area (Å²) in [4.78, 5) is 18.6. The highest BCUT2D eigenvalue weighted by atomic mass is 32.1. The molecule has 1 aliphatic carbocycles. The summed E-state index contributed by atoms with van der Waals surface area (Å²) in [5.74, 6) is -0.670. The Morgan fingerprint density at radius 1 is 1.62 bits per heavy atom. The van der Waals surface area contributed by atoms with Crippen LogP contribution in [0.1, 0.15) is 22.7 Å². The van der Waals surface area contributed by atoms with Crippen LogP contribution >= 0.6 is 11.3 Å². The molecule has 16 heavy (non-hydrogen) atoms. The van der Waals surface area contributed by atoms with Gasteiger partial charge in [0.25, 0.3) is 0 Å². The van der Waals surface area contributed by atoms with Gasteiger partial charge in [-0.25, -0.2) is 4.98 Å². The van der Waals surface area contributed by atoms with E-state index < -0.39 is 11.4 Å². The number of carboxylic acid groups (broad SMARTS) is 1. The van der Waals surface area contributed by atoms with Crippen molar-refractivity contribution in [2.75, 3.05) is 14.1 Å². The zero-order chi connectivity index (χ0) is 11.8. The van der Waals surface area contributed by atoms with Gasteiger partial charge in [0.15, 0.2) is 0 Å². The minimum atomic E-state index is -0.670.